The number of nitrogens with zero attached hydrogens (tertiary/aromatic N) is 1. The van der Waals surface area contributed by atoms with Crippen LogP contribution in [0.4, 0.5) is 0 Å². The van der Waals surface area contributed by atoms with Gasteiger partial charge in [0.15, 0.2) is 0 Å². The number of aliphatic hydroxyl groups excluding tert-OH is 1. The summed E-state index contributed by atoms with van der Waals surface area (Å²) in [5, 5.41) is 16.7. The van der Waals surface area contributed by atoms with Crippen molar-refractivity contribution < 1.29 is 36.6 Å². The van der Waals surface area contributed by atoms with E-state index in [9.17, 15) is 0 Å². The first kappa shape index (κ1) is 40.4. The van der Waals surface area contributed by atoms with Gasteiger partial charge in [-0.15, -0.1) is 0 Å². The fourth-order valence-electron chi connectivity index (χ4n) is 4.81. The highest BCUT2D eigenvalue weighted by molar-refractivity contribution is 5.31. The van der Waals surface area contributed by atoms with Gasteiger partial charge in [0, 0.05) is 12.2 Å². The third-order valence-corrected chi connectivity index (χ3v) is 6.67. The van der Waals surface area contributed by atoms with Gasteiger partial charge < -0.3 is 36.6 Å². The molecule has 0 aliphatic heterocycles. The van der Waals surface area contributed by atoms with Gasteiger partial charge >= 0.3 is 0 Å². The number of para-hydroxylation sites is 1. The van der Waals surface area contributed by atoms with Gasteiger partial charge in [0.2, 0.25) is 0 Å². The van der Waals surface area contributed by atoms with Crippen LogP contribution >= 0.6 is 0 Å². The monoisotopic (exact) mass is 615 g/mol. The number of unbranched alkanes of at least 4 members (excludes halogenated alkanes) is 1. The summed E-state index contributed by atoms with van der Waals surface area (Å²) in [4.78, 5) is 0. The third-order valence-electron chi connectivity index (χ3n) is 6.67. The first-order valence-corrected chi connectivity index (χ1v) is 15.3. The molecule has 0 heterocycles. The topological polar surface area (TPSA) is 58.9 Å². The molecular formula is C37H58ClNO4. The Kier molecular flexibility index (Phi) is 19.9. The summed E-state index contributed by atoms with van der Waals surface area (Å²) < 4.78 is 12.6. The number of likely N-dealkylation sites (N-methyl/N-ethyl adjacent to an activating group) is 1. The van der Waals surface area contributed by atoms with E-state index in [4.69, 9.17) is 19.7 Å². The number of aromatic hydroxyl groups is 1. The Balaban J connectivity index is 0.00000113. The van der Waals surface area contributed by atoms with Crippen LogP contribution in [0, 0.1) is 5.41 Å². The van der Waals surface area contributed by atoms with E-state index in [0.29, 0.717) is 31.0 Å². The predicted molar refractivity (Wildman–Crippen MR) is 177 cm³/mol. The molecule has 0 spiro atoms. The molecule has 0 saturated heterocycles. The van der Waals surface area contributed by atoms with Crippen molar-refractivity contribution in [2.24, 2.45) is 5.41 Å². The van der Waals surface area contributed by atoms with E-state index in [1.807, 2.05) is 6.07 Å². The van der Waals surface area contributed by atoms with Gasteiger partial charge in [-0.25, -0.2) is 0 Å². The van der Waals surface area contributed by atoms with Crippen LogP contribution in [0.1, 0.15) is 71.9 Å². The molecule has 3 aromatic rings. The van der Waals surface area contributed by atoms with E-state index in [2.05, 4.69) is 110 Å². The van der Waals surface area contributed by atoms with E-state index >= 15 is 0 Å². The lowest BCUT2D eigenvalue weighted by molar-refractivity contribution is -0.904. The lowest BCUT2D eigenvalue weighted by Crippen LogP contribution is -3.00. The summed E-state index contributed by atoms with van der Waals surface area (Å²) >= 11 is 0. The summed E-state index contributed by atoms with van der Waals surface area (Å²) in [6.45, 7) is 17.9. The maximum atomic E-state index is 8.63. The molecule has 0 atom stereocenters. The van der Waals surface area contributed by atoms with Gasteiger partial charge in [0.1, 0.15) is 31.2 Å². The minimum Gasteiger partial charge on any atom is -1.00 e. The molecule has 0 radical (unpaired) electrons. The number of rotatable bonds is 13. The number of benzene rings is 3. The van der Waals surface area contributed by atoms with Crippen molar-refractivity contribution in [1.82, 2.24) is 0 Å². The van der Waals surface area contributed by atoms with Crippen LogP contribution in [0.3, 0.4) is 0 Å². The molecule has 6 heteroatoms. The van der Waals surface area contributed by atoms with Gasteiger partial charge in [-0.3, -0.25) is 0 Å². The first-order valence-electron chi connectivity index (χ1n) is 15.3. The highest BCUT2D eigenvalue weighted by Crippen LogP contribution is 2.36. The van der Waals surface area contributed by atoms with Gasteiger partial charge in [-0.05, 0) is 53.5 Å². The molecule has 3 rings (SSSR count). The number of hydrogen-bond acceptors (Lipinski definition) is 4. The molecule has 0 aliphatic rings. The zero-order valence-corrected chi connectivity index (χ0v) is 28.7. The number of ether oxygens (including phenoxy) is 2. The Labute approximate surface area is 268 Å². The highest BCUT2D eigenvalue weighted by Gasteiger charge is 2.27. The second-order valence-electron chi connectivity index (χ2n) is 13.3. The van der Waals surface area contributed by atoms with Crippen LogP contribution in [0.25, 0.3) is 0 Å². The Morgan fingerprint density at radius 3 is 1.74 bits per heavy atom. The molecule has 242 valence electrons. The average molecular weight is 616 g/mol. The number of phenols is 1. The van der Waals surface area contributed by atoms with Crippen molar-refractivity contribution in [1.29, 1.82) is 0 Å². The molecule has 0 saturated carbocycles. The fraction of sp³-hybridized carbons (Fsp3) is 0.514. The van der Waals surface area contributed by atoms with Crippen LogP contribution in [-0.2, 0) is 16.7 Å². The molecule has 0 aliphatic carbocycles. The van der Waals surface area contributed by atoms with Crippen molar-refractivity contribution in [3.8, 4) is 11.5 Å². The summed E-state index contributed by atoms with van der Waals surface area (Å²) in [7, 11) is 4.49. The highest BCUT2D eigenvalue weighted by atomic mass is 35.5. The zero-order valence-electron chi connectivity index (χ0n) is 28.0. The van der Waals surface area contributed by atoms with Crippen molar-refractivity contribution in [3.05, 3.63) is 96.1 Å². The Morgan fingerprint density at radius 2 is 1.30 bits per heavy atom. The second kappa shape index (κ2) is 21.2. The van der Waals surface area contributed by atoms with E-state index in [-0.39, 0.29) is 17.8 Å². The van der Waals surface area contributed by atoms with Crippen molar-refractivity contribution in [2.45, 2.75) is 72.8 Å². The third kappa shape index (κ3) is 20.1. The maximum Gasteiger partial charge on any atom is 0.119 e. The summed E-state index contributed by atoms with van der Waals surface area (Å²) in [5.41, 5.74) is 3.19. The van der Waals surface area contributed by atoms with E-state index in [1.54, 1.807) is 24.3 Å². The zero-order chi connectivity index (χ0) is 31.5. The lowest BCUT2D eigenvalue weighted by Gasteiger charge is -2.33. The van der Waals surface area contributed by atoms with Crippen molar-refractivity contribution in [2.75, 3.05) is 47.1 Å². The second-order valence-corrected chi connectivity index (χ2v) is 13.3. The fourth-order valence-corrected chi connectivity index (χ4v) is 4.81. The van der Waals surface area contributed by atoms with Gasteiger partial charge in [-0.2, -0.15) is 0 Å². The Bertz CT molecular complexity index is 1060. The number of phenolic OH excluding ortho intramolecular Hbond substituents is 1. The van der Waals surface area contributed by atoms with E-state index in [0.717, 1.165) is 49.2 Å². The van der Waals surface area contributed by atoms with Gasteiger partial charge in [0.05, 0.1) is 27.3 Å². The largest absolute Gasteiger partial charge is 1.00 e. The smallest absolute Gasteiger partial charge is 0.119 e. The number of halogens is 1. The normalized spacial score (nSPS) is 11.3. The quantitative estimate of drug-likeness (QED) is 0.204. The molecule has 0 fully saturated rings. The number of hydrogen-bond donors (Lipinski definition) is 2. The molecule has 0 amide bonds. The first-order chi connectivity index (χ1) is 19.8. The molecule has 43 heavy (non-hydrogen) atoms. The summed E-state index contributed by atoms with van der Waals surface area (Å²) in [5.74, 6) is 1.23. The Morgan fingerprint density at radius 1 is 0.744 bits per heavy atom. The van der Waals surface area contributed by atoms with Crippen LogP contribution < -0.4 is 17.1 Å². The van der Waals surface area contributed by atoms with Crippen LogP contribution in [0.15, 0.2) is 84.9 Å². The molecule has 5 nitrogen and oxygen atoms in total. The number of quaternary nitrogens is 1. The SMILES string of the molecule is CC(C)(C)CC(C)(C)c1ccc(OCCOCC[N+](C)(C)Cc2ccccc2)cc1.CCCCO.Oc1ccccc1.[Cl-]. The molecule has 0 aromatic heterocycles. The van der Waals surface area contributed by atoms with Gasteiger partial charge in [0.25, 0.3) is 0 Å². The van der Waals surface area contributed by atoms with Crippen LogP contribution in [0.5, 0.6) is 11.5 Å². The van der Waals surface area contributed by atoms with E-state index < -0.39 is 0 Å². The maximum absolute atomic E-state index is 8.63. The Hall–Kier alpha value is -2.57. The molecule has 0 bridgehead atoms. The lowest BCUT2D eigenvalue weighted by atomic mass is 9.72. The molecule has 0 unspecified atom stereocenters. The minimum absolute atomic E-state index is 0. The van der Waals surface area contributed by atoms with Crippen molar-refractivity contribution >= 4 is 0 Å². The predicted octanol–water partition coefficient (Wildman–Crippen LogP) is 5.25. The van der Waals surface area contributed by atoms with Crippen LogP contribution in [-0.4, -0.2) is 61.8 Å². The van der Waals surface area contributed by atoms with Crippen molar-refractivity contribution in [3.63, 3.8) is 0 Å². The molecule has 2 N–H and O–H groups in total. The minimum atomic E-state index is 0. The van der Waals surface area contributed by atoms with Gasteiger partial charge in [-0.1, -0.05) is 109 Å². The standard InChI is InChI=1S/C27H42NO2.C6H6O.C4H10O.ClH/c1-26(2,3)22-27(4,5)24-13-15-25(16-14-24)30-20-19-29-18-17-28(6,7)21-23-11-9-8-10-12-23;7-6-4-2-1-3-5-6;1-2-3-4-5;/h8-16H,17-22H2,1-7H3;1-5,7H;5H,2-4H2,1H3;1H/q+1;;;/p-1. The average Bonchev–Trinajstić information content (AvgIpc) is 2.91. The molecule has 3 aromatic carbocycles. The number of aliphatic hydroxyl groups is 1. The molecular weight excluding hydrogens is 558 g/mol. The summed E-state index contributed by atoms with van der Waals surface area (Å²) in [6.07, 6.45) is 3.18. The van der Waals surface area contributed by atoms with E-state index in [1.165, 1.54) is 11.1 Å². The summed E-state index contributed by atoms with van der Waals surface area (Å²) in [6, 6.07) is 27.9. The van der Waals surface area contributed by atoms with Crippen LogP contribution in [0.2, 0.25) is 0 Å².